The van der Waals surface area contributed by atoms with Crippen LogP contribution in [0.4, 0.5) is 0 Å². The summed E-state index contributed by atoms with van der Waals surface area (Å²) in [6, 6.07) is 4.93. The lowest BCUT2D eigenvalue weighted by Crippen LogP contribution is -2.30. The van der Waals surface area contributed by atoms with E-state index < -0.39 is 0 Å². The minimum atomic E-state index is -0.196. The van der Waals surface area contributed by atoms with E-state index in [2.05, 4.69) is 6.92 Å². The van der Waals surface area contributed by atoms with Crippen molar-refractivity contribution in [3.05, 3.63) is 34.3 Å². The fourth-order valence-electron chi connectivity index (χ4n) is 4.28. The molecular formula is C26H40ClNO2. The van der Waals surface area contributed by atoms with Gasteiger partial charge in [-0.05, 0) is 24.6 Å². The van der Waals surface area contributed by atoms with Crippen molar-refractivity contribution in [2.45, 2.75) is 110 Å². The second-order valence-electron chi connectivity index (χ2n) is 8.76. The standard InChI is InChI=1S/C26H40ClNO2/c1-2-3-4-5-6-7-8-9-10-11-12-13-14-15-16-17-20-28-25(29)23-19-18-22(27)21-24(23)26(28)30/h18-19,21H,2-17,20H2,1H3. The smallest absolute Gasteiger partial charge is 0.261 e. The van der Waals surface area contributed by atoms with Crippen LogP contribution in [-0.2, 0) is 0 Å². The molecule has 1 aliphatic rings. The summed E-state index contributed by atoms with van der Waals surface area (Å²) in [5.74, 6) is -0.369. The Morgan fingerprint density at radius 2 is 1.07 bits per heavy atom. The summed E-state index contributed by atoms with van der Waals surface area (Å²) in [5, 5.41) is 0.499. The van der Waals surface area contributed by atoms with E-state index in [1.165, 1.54) is 94.8 Å². The molecule has 1 aliphatic heterocycles. The molecule has 2 amide bonds. The highest BCUT2D eigenvalue weighted by atomic mass is 35.5. The molecule has 168 valence electrons. The molecule has 0 fully saturated rings. The maximum atomic E-state index is 12.4. The van der Waals surface area contributed by atoms with Gasteiger partial charge in [0.05, 0.1) is 11.1 Å². The first kappa shape index (κ1) is 24.9. The number of benzene rings is 1. The molecule has 0 spiro atoms. The summed E-state index contributed by atoms with van der Waals surface area (Å²) in [6.07, 6.45) is 21.1. The maximum Gasteiger partial charge on any atom is 0.261 e. The number of amides is 2. The van der Waals surface area contributed by atoms with Crippen molar-refractivity contribution in [1.29, 1.82) is 0 Å². The van der Waals surface area contributed by atoms with E-state index in [-0.39, 0.29) is 11.8 Å². The zero-order valence-corrected chi connectivity index (χ0v) is 19.7. The number of hydrogen-bond donors (Lipinski definition) is 0. The van der Waals surface area contributed by atoms with E-state index in [0.717, 1.165) is 12.8 Å². The molecule has 0 aliphatic carbocycles. The first-order valence-electron chi connectivity index (χ1n) is 12.3. The highest BCUT2D eigenvalue weighted by Gasteiger charge is 2.34. The van der Waals surface area contributed by atoms with Crippen molar-refractivity contribution in [3.63, 3.8) is 0 Å². The van der Waals surface area contributed by atoms with Gasteiger partial charge < -0.3 is 0 Å². The van der Waals surface area contributed by atoms with Crippen molar-refractivity contribution >= 4 is 23.4 Å². The van der Waals surface area contributed by atoms with E-state index >= 15 is 0 Å². The van der Waals surface area contributed by atoms with E-state index in [4.69, 9.17) is 11.6 Å². The molecule has 2 rings (SSSR count). The van der Waals surface area contributed by atoms with Gasteiger partial charge in [-0.25, -0.2) is 0 Å². The summed E-state index contributed by atoms with van der Waals surface area (Å²) in [4.78, 5) is 26.1. The highest BCUT2D eigenvalue weighted by Crippen LogP contribution is 2.26. The predicted molar refractivity (Wildman–Crippen MR) is 126 cm³/mol. The molecule has 3 nitrogen and oxygen atoms in total. The molecule has 0 radical (unpaired) electrons. The van der Waals surface area contributed by atoms with Crippen LogP contribution >= 0.6 is 11.6 Å². The van der Waals surface area contributed by atoms with Gasteiger partial charge >= 0.3 is 0 Å². The van der Waals surface area contributed by atoms with Crippen molar-refractivity contribution in [2.75, 3.05) is 6.54 Å². The van der Waals surface area contributed by atoms with Gasteiger partial charge in [0, 0.05) is 11.6 Å². The second kappa shape index (κ2) is 14.6. The van der Waals surface area contributed by atoms with Crippen LogP contribution in [0.2, 0.25) is 5.02 Å². The Bertz CT molecular complexity index is 658. The monoisotopic (exact) mass is 433 g/mol. The third-order valence-electron chi connectivity index (χ3n) is 6.17. The van der Waals surface area contributed by atoms with Gasteiger partial charge in [-0.15, -0.1) is 0 Å². The number of unbranched alkanes of at least 4 members (excludes halogenated alkanes) is 15. The molecule has 0 saturated carbocycles. The summed E-state index contributed by atoms with van der Waals surface area (Å²) < 4.78 is 0. The van der Waals surface area contributed by atoms with E-state index in [1.807, 2.05) is 0 Å². The van der Waals surface area contributed by atoms with Crippen molar-refractivity contribution in [1.82, 2.24) is 4.90 Å². The molecule has 0 saturated heterocycles. The van der Waals surface area contributed by atoms with E-state index in [1.54, 1.807) is 18.2 Å². The number of hydrogen-bond acceptors (Lipinski definition) is 2. The molecule has 0 atom stereocenters. The Morgan fingerprint density at radius 1 is 0.633 bits per heavy atom. The van der Waals surface area contributed by atoms with E-state index in [9.17, 15) is 9.59 Å². The average molecular weight is 434 g/mol. The quantitative estimate of drug-likeness (QED) is 0.183. The Balaban J connectivity index is 1.41. The van der Waals surface area contributed by atoms with Crippen LogP contribution in [-0.4, -0.2) is 23.3 Å². The maximum absolute atomic E-state index is 12.4. The van der Waals surface area contributed by atoms with Gasteiger partial charge in [-0.2, -0.15) is 0 Å². The van der Waals surface area contributed by atoms with Crippen LogP contribution < -0.4 is 0 Å². The fourth-order valence-corrected chi connectivity index (χ4v) is 4.46. The number of halogens is 1. The molecule has 30 heavy (non-hydrogen) atoms. The molecule has 0 unspecified atom stereocenters. The SMILES string of the molecule is CCCCCCCCCCCCCCCCCCN1C(=O)c2ccc(Cl)cc2C1=O. The van der Waals surface area contributed by atoms with Crippen LogP contribution in [0, 0.1) is 0 Å². The van der Waals surface area contributed by atoms with Gasteiger partial charge in [-0.1, -0.05) is 115 Å². The molecule has 0 aromatic heterocycles. The van der Waals surface area contributed by atoms with Crippen molar-refractivity contribution < 1.29 is 9.59 Å². The lowest BCUT2D eigenvalue weighted by Gasteiger charge is -2.13. The topological polar surface area (TPSA) is 37.4 Å². The fraction of sp³-hybridized carbons (Fsp3) is 0.692. The highest BCUT2D eigenvalue weighted by molar-refractivity contribution is 6.32. The lowest BCUT2D eigenvalue weighted by molar-refractivity contribution is 0.0651. The Kier molecular flexibility index (Phi) is 12.1. The normalized spacial score (nSPS) is 13.3. The van der Waals surface area contributed by atoms with Crippen LogP contribution in [0.15, 0.2) is 18.2 Å². The number of carbonyl (C=O) groups excluding carboxylic acids is 2. The zero-order valence-electron chi connectivity index (χ0n) is 18.9. The molecule has 4 heteroatoms. The van der Waals surface area contributed by atoms with Crippen molar-refractivity contribution in [3.8, 4) is 0 Å². The molecule has 1 aromatic carbocycles. The summed E-state index contributed by atoms with van der Waals surface area (Å²) in [7, 11) is 0. The number of rotatable bonds is 17. The van der Waals surface area contributed by atoms with Crippen LogP contribution in [0.25, 0.3) is 0 Å². The summed E-state index contributed by atoms with van der Waals surface area (Å²) in [6.45, 7) is 2.79. The summed E-state index contributed by atoms with van der Waals surface area (Å²) >= 11 is 5.95. The average Bonchev–Trinajstić information content (AvgIpc) is 2.97. The minimum Gasteiger partial charge on any atom is -0.274 e. The van der Waals surface area contributed by atoms with E-state index in [0.29, 0.717) is 22.7 Å². The van der Waals surface area contributed by atoms with Crippen LogP contribution in [0.5, 0.6) is 0 Å². The third-order valence-corrected chi connectivity index (χ3v) is 6.40. The first-order valence-corrected chi connectivity index (χ1v) is 12.7. The van der Waals surface area contributed by atoms with Crippen LogP contribution in [0.1, 0.15) is 130 Å². The molecule has 0 bridgehead atoms. The molecular weight excluding hydrogens is 394 g/mol. The Morgan fingerprint density at radius 3 is 1.57 bits per heavy atom. The van der Waals surface area contributed by atoms with Crippen molar-refractivity contribution in [2.24, 2.45) is 0 Å². The number of fused-ring (bicyclic) bond motifs is 1. The van der Waals surface area contributed by atoms with Gasteiger partial charge in [0.15, 0.2) is 0 Å². The number of imide groups is 1. The minimum absolute atomic E-state index is 0.173. The molecule has 1 aromatic rings. The van der Waals surface area contributed by atoms with Gasteiger partial charge in [0.2, 0.25) is 0 Å². The van der Waals surface area contributed by atoms with Gasteiger partial charge in [-0.3, -0.25) is 14.5 Å². The second-order valence-corrected chi connectivity index (χ2v) is 9.19. The van der Waals surface area contributed by atoms with Crippen LogP contribution in [0.3, 0.4) is 0 Å². The largest absolute Gasteiger partial charge is 0.274 e. The third kappa shape index (κ3) is 8.41. The summed E-state index contributed by atoms with van der Waals surface area (Å²) in [5.41, 5.74) is 0.935. The Labute approximate surface area is 188 Å². The zero-order chi connectivity index (χ0) is 21.6. The number of nitrogens with zero attached hydrogens (tertiary/aromatic N) is 1. The molecule has 0 N–H and O–H groups in total. The number of carbonyl (C=O) groups is 2. The Hall–Kier alpha value is -1.35. The predicted octanol–water partition coefficient (Wildman–Crippen LogP) is 8.20. The van der Waals surface area contributed by atoms with Gasteiger partial charge in [0.1, 0.15) is 0 Å². The van der Waals surface area contributed by atoms with Gasteiger partial charge in [0.25, 0.3) is 11.8 Å². The first-order chi connectivity index (χ1) is 14.6. The lowest BCUT2D eigenvalue weighted by atomic mass is 10.0. The molecule has 1 heterocycles.